The number of nitrogens with zero attached hydrogens (tertiary/aromatic N) is 1. The highest BCUT2D eigenvalue weighted by Gasteiger charge is 2.52. The zero-order valence-electron chi connectivity index (χ0n) is 18.6. The number of rotatable bonds is 6. The van der Waals surface area contributed by atoms with Crippen molar-refractivity contribution in [1.29, 1.82) is 5.26 Å². The first-order valence-electron chi connectivity index (χ1n) is 10.3. The van der Waals surface area contributed by atoms with Crippen LogP contribution in [0.5, 0.6) is 0 Å². The number of amides is 1. The lowest BCUT2D eigenvalue weighted by Crippen LogP contribution is -2.41. The smallest absolute Gasteiger partial charge is 0.445 e. The number of halogens is 1. The molecule has 1 fully saturated rings. The monoisotopic (exact) mass is 436 g/mol. The summed E-state index contributed by atoms with van der Waals surface area (Å²) in [5.41, 5.74) is 0.651. The zero-order valence-corrected chi connectivity index (χ0v) is 18.6. The van der Waals surface area contributed by atoms with Gasteiger partial charge in [0, 0.05) is 12.1 Å². The van der Waals surface area contributed by atoms with Gasteiger partial charge < -0.3 is 19.4 Å². The van der Waals surface area contributed by atoms with Gasteiger partial charge in [-0.2, -0.15) is 5.26 Å². The van der Waals surface area contributed by atoms with Crippen molar-refractivity contribution in [2.45, 2.75) is 45.5 Å². The number of nitrogens with one attached hydrogen (secondary N) is 1. The van der Waals surface area contributed by atoms with Crippen LogP contribution in [0, 0.1) is 17.1 Å². The van der Waals surface area contributed by atoms with E-state index in [1.54, 1.807) is 0 Å². The molecule has 1 aliphatic heterocycles. The SMILES string of the molecule is CC1(C)OB(C(=Cc2cc(C#N)ccc2F)CNC(=O)OCc2ccccc2)OC1(C)C. The second-order valence-electron chi connectivity index (χ2n) is 8.57. The van der Waals surface area contributed by atoms with Gasteiger partial charge in [-0.3, -0.25) is 0 Å². The lowest BCUT2D eigenvalue weighted by atomic mass is 9.77. The van der Waals surface area contributed by atoms with E-state index in [0.29, 0.717) is 11.0 Å². The van der Waals surface area contributed by atoms with Crippen molar-refractivity contribution >= 4 is 19.3 Å². The lowest BCUT2D eigenvalue weighted by Gasteiger charge is -2.32. The largest absolute Gasteiger partial charge is 0.492 e. The van der Waals surface area contributed by atoms with Crippen LogP contribution in [0.4, 0.5) is 9.18 Å². The molecule has 0 aliphatic carbocycles. The Morgan fingerprint density at radius 1 is 1.16 bits per heavy atom. The van der Waals surface area contributed by atoms with E-state index >= 15 is 0 Å². The Hall–Kier alpha value is -3.15. The number of ether oxygens (including phenoxy) is 1. The third-order valence-electron chi connectivity index (χ3n) is 5.67. The molecule has 1 saturated heterocycles. The molecule has 0 spiro atoms. The van der Waals surface area contributed by atoms with Gasteiger partial charge in [-0.1, -0.05) is 36.4 Å². The van der Waals surface area contributed by atoms with Gasteiger partial charge in [-0.25, -0.2) is 9.18 Å². The number of benzene rings is 2. The van der Waals surface area contributed by atoms with E-state index < -0.39 is 30.2 Å². The van der Waals surface area contributed by atoms with Crippen molar-refractivity contribution in [3.8, 4) is 6.07 Å². The summed E-state index contributed by atoms with van der Waals surface area (Å²) in [7, 11) is -0.806. The van der Waals surface area contributed by atoms with Crippen molar-refractivity contribution < 1.29 is 23.2 Å². The lowest BCUT2D eigenvalue weighted by molar-refractivity contribution is 0.00578. The number of nitriles is 1. The van der Waals surface area contributed by atoms with Crippen LogP contribution >= 0.6 is 0 Å². The molecule has 0 unspecified atom stereocenters. The molecule has 1 aliphatic rings. The summed E-state index contributed by atoms with van der Waals surface area (Å²) in [6, 6.07) is 15.4. The first-order chi connectivity index (χ1) is 15.1. The van der Waals surface area contributed by atoms with Gasteiger partial charge in [0.1, 0.15) is 12.4 Å². The molecule has 1 amide bonds. The van der Waals surface area contributed by atoms with Crippen molar-refractivity contribution in [2.24, 2.45) is 0 Å². The fourth-order valence-electron chi connectivity index (χ4n) is 3.07. The van der Waals surface area contributed by atoms with Crippen LogP contribution in [-0.4, -0.2) is 31.0 Å². The zero-order chi connectivity index (χ0) is 23.4. The minimum absolute atomic E-state index is 0.0146. The summed E-state index contributed by atoms with van der Waals surface area (Å²) < 4.78 is 31.8. The maximum Gasteiger partial charge on any atom is 0.492 e. The molecule has 2 aromatic carbocycles. The third kappa shape index (κ3) is 5.55. The molecule has 166 valence electrons. The maximum atomic E-state index is 14.4. The van der Waals surface area contributed by atoms with Crippen molar-refractivity contribution in [3.63, 3.8) is 0 Å². The molecule has 8 heteroatoms. The number of hydrogen-bond donors (Lipinski definition) is 1. The van der Waals surface area contributed by atoms with Crippen LogP contribution in [0.2, 0.25) is 0 Å². The quantitative estimate of drug-likeness (QED) is 0.668. The van der Waals surface area contributed by atoms with Crippen molar-refractivity contribution in [3.05, 3.63) is 76.5 Å². The average Bonchev–Trinajstić information content (AvgIpc) is 2.98. The van der Waals surface area contributed by atoms with E-state index in [2.05, 4.69) is 5.32 Å². The van der Waals surface area contributed by atoms with Crippen LogP contribution in [0.1, 0.15) is 44.4 Å². The molecular weight excluding hydrogens is 410 g/mol. The normalized spacial score (nSPS) is 17.0. The Morgan fingerprint density at radius 3 is 2.44 bits per heavy atom. The van der Waals surface area contributed by atoms with E-state index in [9.17, 15) is 9.18 Å². The van der Waals surface area contributed by atoms with Gasteiger partial charge in [-0.05, 0) is 56.9 Å². The Morgan fingerprint density at radius 2 is 1.81 bits per heavy atom. The summed E-state index contributed by atoms with van der Waals surface area (Å²) in [4.78, 5) is 12.3. The van der Waals surface area contributed by atoms with E-state index in [1.807, 2.05) is 64.1 Å². The number of alkyl carbamates (subject to hydrolysis) is 1. The van der Waals surface area contributed by atoms with Crippen LogP contribution < -0.4 is 5.32 Å². The van der Waals surface area contributed by atoms with Crippen LogP contribution in [0.25, 0.3) is 6.08 Å². The highest BCUT2D eigenvalue weighted by Crippen LogP contribution is 2.38. The fourth-order valence-corrected chi connectivity index (χ4v) is 3.07. The van der Waals surface area contributed by atoms with Gasteiger partial charge in [-0.15, -0.1) is 0 Å². The summed E-state index contributed by atoms with van der Waals surface area (Å²) in [5.74, 6) is -0.496. The standard InChI is InChI=1S/C24H26BFN2O4/c1-23(2)24(3,4)32-25(31-23)20(13-19-12-18(14-27)10-11-21(19)26)15-28-22(29)30-16-17-8-6-5-7-9-17/h5-13H,15-16H2,1-4H3,(H,28,29). The summed E-state index contributed by atoms with van der Waals surface area (Å²) >= 11 is 0. The minimum Gasteiger partial charge on any atom is -0.445 e. The Bertz CT molecular complexity index is 1030. The van der Waals surface area contributed by atoms with E-state index in [0.717, 1.165) is 5.56 Å². The van der Waals surface area contributed by atoms with E-state index in [-0.39, 0.29) is 18.7 Å². The minimum atomic E-state index is -0.806. The van der Waals surface area contributed by atoms with Gasteiger partial charge in [0.05, 0.1) is 22.8 Å². The van der Waals surface area contributed by atoms with Crippen molar-refractivity contribution in [1.82, 2.24) is 5.32 Å². The maximum absolute atomic E-state index is 14.4. The molecule has 2 aromatic rings. The predicted octanol–water partition coefficient (Wildman–Crippen LogP) is 4.64. The van der Waals surface area contributed by atoms with Crippen LogP contribution in [0.15, 0.2) is 54.0 Å². The number of carbonyl (C=O) groups excluding carboxylic acids is 1. The Balaban J connectivity index is 1.78. The second-order valence-corrected chi connectivity index (χ2v) is 8.57. The van der Waals surface area contributed by atoms with E-state index in [4.69, 9.17) is 19.3 Å². The van der Waals surface area contributed by atoms with Crippen LogP contribution in [0.3, 0.4) is 0 Å². The molecule has 6 nitrogen and oxygen atoms in total. The van der Waals surface area contributed by atoms with Crippen LogP contribution in [-0.2, 0) is 20.7 Å². The molecular formula is C24H26BFN2O4. The molecule has 0 saturated carbocycles. The molecule has 0 atom stereocenters. The topological polar surface area (TPSA) is 80.6 Å². The van der Waals surface area contributed by atoms with Gasteiger partial charge >= 0.3 is 13.2 Å². The summed E-state index contributed by atoms with van der Waals surface area (Å²) in [6.45, 7) is 7.76. The predicted molar refractivity (Wildman–Crippen MR) is 120 cm³/mol. The third-order valence-corrected chi connectivity index (χ3v) is 5.67. The molecule has 0 aromatic heterocycles. The molecule has 0 bridgehead atoms. The second kappa shape index (κ2) is 9.55. The van der Waals surface area contributed by atoms with Gasteiger partial charge in [0.2, 0.25) is 0 Å². The number of carbonyl (C=O) groups is 1. The van der Waals surface area contributed by atoms with E-state index in [1.165, 1.54) is 24.3 Å². The molecule has 32 heavy (non-hydrogen) atoms. The Labute approximate surface area is 188 Å². The van der Waals surface area contributed by atoms with Crippen molar-refractivity contribution in [2.75, 3.05) is 6.54 Å². The molecule has 0 radical (unpaired) electrons. The average molecular weight is 436 g/mol. The molecule has 1 N–H and O–H groups in total. The highest BCUT2D eigenvalue weighted by molar-refractivity contribution is 6.56. The first-order valence-corrected chi connectivity index (χ1v) is 10.3. The summed E-state index contributed by atoms with van der Waals surface area (Å²) in [5, 5.41) is 11.8. The van der Waals surface area contributed by atoms with Gasteiger partial charge in [0.15, 0.2) is 0 Å². The summed E-state index contributed by atoms with van der Waals surface area (Å²) in [6.07, 6.45) is 0.915. The van der Waals surface area contributed by atoms with Gasteiger partial charge in [0.25, 0.3) is 0 Å². The first kappa shape index (κ1) is 23.5. The fraction of sp³-hybridized carbons (Fsp3) is 0.333. The molecule has 3 rings (SSSR count). The number of hydrogen-bond acceptors (Lipinski definition) is 5. The Kier molecular flexibility index (Phi) is 7.02. The molecule has 1 heterocycles. The highest BCUT2D eigenvalue weighted by atomic mass is 19.1.